The van der Waals surface area contributed by atoms with Gasteiger partial charge in [0.2, 0.25) is 0 Å². The highest BCUT2D eigenvalue weighted by Crippen LogP contribution is 2.24. The molecule has 42 heavy (non-hydrogen) atoms. The molecule has 1 aliphatic heterocycles. The molecule has 0 amide bonds. The third-order valence-corrected chi connectivity index (χ3v) is 9.82. The molecule has 1 rings (SSSR count). The summed E-state index contributed by atoms with van der Waals surface area (Å²) in [5, 5.41) is 0. The fourth-order valence-corrected chi connectivity index (χ4v) is 6.89. The maximum Gasteiger partial charge on any atom is 0.101 e. The van der Waals surface area contributed by atoms with Gasteiger partial charge in [0.1, 0.15) is 6.17 Å². The Labute approximate surface area is 267 Å². The van der Waals surface area contributed by atoms with E-state index in [9.17, 15) is 0 Å². The predicted octanol–water partition coefficient (Wildman–Crippen LogP) is 13.9. The van der Waals surface area contributed by atoms with Crippen LogP contribution < -0.4 is 0 Å². The van der Waals surface area contributed by atoms with Crippen LogP contribution in [0, 0.1) is 0 Å². The molecule has 0 saturated carbocycles. The van der Waals surface area contributed by atoms with Crippen LogP contribution in [-0.4, -0.2) is 29.1 Å². The molecule has 2 nitrogen and oxygen atoms in total. The Kier molecular flexibility index (Phi) is 29.8. The number of unbranched alkanes of at least 4 members (excludes halogenated alkanes) is 28. The van der Waals surface area contributed by atoms with Crippen molar-refractivity contribution in [3.05, 3.63) is 12.4 Å². The summed E-state index contributed by atoms with van der Waals surface area (Å²) in [6, 6.07) is 0. The fourth-order valence-electron chi connectivity index (χ4n) is 6.89. The maximum atomic E-state index is 2.71. The average Bonchev–Trinajstić information content (AvgIpc) is 3.38. The summed E-state index contributed by atoms with van der Waals surface area (Å²) < 4.78 is 0. The summed E-state index contributed by atoms with van der Waals surface area (Å²) >= 11 is 0. The van der Waals surface area contributed by atoms with Crippen molar-refractivity contribution in [2.24, 2.45) is 0 Å². The first-order valence-electron chi connectivity index (χ1n) is 20.0. The minimum Gasteiger partial charge on any atom is -0.356 e. The van der Waals surface area contributed by atoms with Gasteiger partial charge in [-0.1, -0.05) is 201 Å². The zero-order chi connectivity index (χ0) is 30.2. The molecule has 0 aliphatic carbocycles. The number of rotatable bonds is 34. The van der Waals surface area contributed by atoms with Crippen molar-refractivity contribution in [2.45, 2.75) is 232 Å². The molecule has 0 spiro atoms. The van der Waals surface area contributed by atoms with Crippen LogP contribution in [0.4, 0.5) is 0 Å². The van der Waals surface area contributed by atoms with Crippen molar-refractivity contribution in [2.75, 3.05) is 13.1 Å². The van der Waals surface area contributed by atoms with Crippen LogP contribution in [-0.2, 0) is 0 Å². The molecule has 0 saturated heterocycles. The molecule has 2 heteroatoms. The topological polar surface area (TPSA) is 6.48 Å². The highest BCUT2D eigenvalue weighted by Gasteiger charge is 2.24. The molecule has 250 valence electrons. The highest BCUT2D eigenvalue weighted by molar-refractivity contribution is 4.97. The van der Waals surface area contributed by atoms with E-state index in [0.717, 1.165) is 0 Å². The van der Waals surface area contributed by atoms with Crippen molar-refractivity contribution in [3.8, 4) is 0 Å². The number of hydrogen-bond donors (Lipinski definition) is 0. The molecule has 0 aromatic rings. The van der Waals surface area contributed by atoms with Crippen molar-refractivity contribution in [3.63, 3.8) is 0 Å². The summed E-state index contributed by atoms with van der Waals surface area (Å²) in [4.78, 5) is 5.42. The Morgan fingerprint density at radius 1 is 0.310 bits per heavy atom. The van der Waals surface area contributed by atoms with E-state index in [1.54, 1.807) is 0 Å². The van der Waals surface area contributed by atoms with E-state index in [4.69, 9.17) is 0 Å². The van der Waals surface area contributed by atoms with Gasteiger partial charge in [-0.2, -0.15) is 0 Å². The van der Waals surface area contributed by atoms with Crippen LogP contribution in [0.2, 0.25) is 0 Å². The summed E-state index contributed by atoms with van der Waals surface area (Å²) in [6.07, 6.45) is 51.4. The zero-order valence-electron chi connectivity index (χ0n) is 29.7. The van der Waals surface area contributed by atoms with Gasteiger partial charge in [-0.3, -0.25) is 0 Å². The van der Waals surface area contributed by atoms with Gasteiger partial charge in [-0.15, -0.1) is 0 Å². The van der Waals surface area contributed by atoms with Gasteiger partial charge in [-0.05, 0) is 25.7 Å². The Balaban J connectivity index is 2.15. The molecular weight excluding hydrogens is 508 g/mol. The standard InChI is InChI=1S/C40H80N2/c1-4-7-10-13-15-17-19-21-23-25-27-29-32-35-40-41(36-33-30-12-9-6-3)38-39-42(40)37-34-31-28-26-24-22-20-18-16-14-11-8-5-2/h38-40H,4-37H2,1-3H3. The van der Waals surface area contributed by atoms with Crippen molar-refractivity contribution >= 4 is 0 Å². The second-order valence-electron chi connectivity index (χ2n) is 13.9. The summed E-state index contributed by atoms with van der Waals surface area (Å²) in [6.45, 7) is 9.48. The van der Waals surface area contributed by atoms with E-state index < -0.39 is 0 Å². The molecule has 0 bridgehead atoms. The van der Waals surface area contributed by atoms with Gasteiger partial charge < -0.3 is 9.80 Å². The fraction of sp³-hybridized carbons (Fsp3) is 0.950. The van der Waals surface area contributed by atoms with Crippen molar-refractivity contribution in [1.82, 2.24) is 9.80 Å². The van der Waals surface area contributed by atoms with Crippen molar-refractivity contribution in [1.29, 1.82) is 0 Å². The summed E-state index contributed by atoms with van der Waals surface area (Å²) in [7, 11) is 0. The Morgan fingerprint density at radius 2 is 0.548 bits per heavy atom. The first-order chi connectivity index (χ1) is 20.8. The Morgan fingerprint density at radius 3 is 0.833 bits per heavy atom. The predicted molar refractivity (Wildman–Crippen MR) is 191 cm³/mol. The van der Waals surface area contributed by atoms with Gasteiger partial charge in [0.25, 0.3) is 0 Å². The van der Waals surface area contributed by atoms with Crippen LogP contribution in [0.1, 0.15) is 226 Å². The quantitative estimate of drug-likeness (QED) is 0.0690. The van der Waals surface area contributed by atoms with Crippen molar-refractivity contribution < 1.29 is 0 Å². The van der Waals surface area contributed by atoms with Gasteiger partial charge in [0.05, 0.1) is 0 Å². The third-order valence-electron chi connectivity index (χ3n) is 9.82. The molecule has 0 fully saturated rings. The smallest absolute Gasteiger partial charge is 0.101 e. The second kappa shape index (κ2) is 31.8. The van der Waals surface area contributed by atoms with Crippen LogP contribution in [0.5, 0.6) is 0 Å². The lowest BCUT2D eigenvalue weighted by atomic mass is 10.0. The van der Waals surface area contributed by atoms with Crippen LogP contribution in [0.15, 0.2) is 12.4 Å². The SMILES string of the molecule is CCCCCCCCCCCCCCCC1N(CCCCCCC)C=CN1CCCCCCCCCCCCCCC. The largest absolute Gasteiger partial charge is 0.356 e. The molecule has 0 aromatic heterocycles. The molecule has 1 unspecified atom stereocenters. The monoisotopic (exact) mass is 589 g/mol. The highest BCUT2D eigenvalue weighted by atomic mass is 15.4. The minimum absolute atomic E-state index is 0.640. The van der Waals surface area contributed by atoms with E-state index >= 15 is 0 Å². The maximum absolute atomic E-state index is 2.71. The zero-order valence-corrected chi connectivity index (χ0v) is 29.7. The lowest BCUT2D eigenvalue weighted by Crippen LogP contribution is -2.39. The van der Waals surface area contributed by atoms with Gasteiger partial charge in [-0.25, -0.2) is 0 Å². The first-order valence-corrected chi connectivity index (χ1v) is 20.0. The Bertz CT molecular complexity index is 544. The van der Waals surface area contributed by atoms with Gasteiger partial charge in [0.15, 0.2) is 0 Å². The van der Waals surface area contributed by atoms with E-state index in [0.29, 0.717) is 6.17 Å². The molecule has 0 radical (unpaired) electrons. The van der Waals surface area contributed by atoms with E-state index in [1.807, 2.05) is 0 Å². The van der Waals surface area contributed by atoms with Crippen LogP contribution in [0.3, 0.4) is 0 Å². The van der Waals surface area contributed by atoms with E-state index in [-0.39, 0.29) is 0 Å². The normalized spacial score (nSPS) is 15.0. The minimum atomic E-state index is 0.640. The second-order valence-corrected chi connectivity index (χ2v) is 13.9. The van der Waals surface area contributed by atoms with Crippen LogP contribution >= 0.6 is 0 Å². The van der Waals surface area contributed by atoms with Gasteiger partial charge in [0, 0.05) is 25.5 Å². The van der Waals surface area contributed by atoms with Gasteiger partial charge >= 0.3 is 0 Å². The average molecular weight is 589 g/mol. The summed E-state index contributed by atoms with van der Waals surface area (Å²) in [5.41, 5.74) is 0. The van der Waals surface area contributed by atoms with Crippen LogP contribution in [0.25, 0.3) is 0 Å². The molecule has 1 aliphatic rings. The van der Waals surface area contributed by atoms with E-state index in [1.165, 1.54) is 219 Å². The Hall–Kier alpha value is -0.660. The number of hydrogen-bond acceptors (Lipinski definition) is 2. The van der Waals surface area contributed by atoms with E-state index in [2.05, 4.69) is 43.0 Å². The lowest BCUT2D eigenvalue weighted by Gasteiger charge is -2.33. The number of nitrogens with zero attached hydrogens (tertiary/aromatic N) is 2. The molecule has 0 N–H and O–H groups in total. The lowest BCUT2D eigenvalue weighted by molar-refractivity contribution is 0.135. The molecule has 1 atom stereocenters. The first kappa shape index (κ1) is 39.4. The molecule has 0 aromatic carbocycles. The summed E-state index contributed by atoms with van der Waals surface area (Å²) in [5.74, 6) is 0. The third kappa shape index (κ3) is 23.8. The molecule has 1 heterocycles. The molecular formula is C40H80N2.